The molecule has 7 nitrogen and oxygen atoms in total. The molecule has 1 aliphatic heterocycles. The smallest absolute Gasteiger partial charge is 0.336 e. The summed E-state index contributed by atoms with van der Waals surface area (Å²) in [5, 5.41) is 14.5. The molecule has 7 heteroatoms. The molecule has 30 heavy (non-hydrogen) atoms. The number of carboxylic acids is 1. The number of rotatable bonds is 4. The number of hydrogen-bond donors (Lipinski definition) is 1. The van der Waals surface area contributed by atoms with Crippen LogP contribution >= 0.6 is 0 Å². The Morgan fingerprint density at radius 3 is 2.37 bits per heavy atom. The molecule has 2 amide bonds. The fourth-order valence-corrected chi connectivity index (χ4v) is 5.62. The van der Waals surface area contributed by atoms with E-state index in [9.17, 15) is 19.5 Å². The van der Waals surface area contributed by atoms with Gasteiger partial charge in [-0.15, -0.1) is 0 Å². The molecule has 4 aliphatic carbocycles. The molecule has 1 aromatic carbocycles. The average molecular weight is 402 g/mol. The molecule has 150 valence electrons. The molecule has 0 radical (unpaired) electrons. The second-order valence-corrected chi connectivity index (χ2v) is 8.44. The van der Waals surface area contributed by atoms with Crippen LogP contribution in [-0.2, 0) is 9.59 Å². The van der Waals surface area contributed by atoms with Gasteiger partial charge in [0.2, 0.25) is 0 Å². The van der Waals surface area contributed by atoms with Gasteiger partial charge in [0.05, 0.1) is 23.6 Å². The fourth-order valence-electron chi connectivity index (χ4n) is 5.62. The summed E-state index contributed by atoms with van der Waals surface area (Å²) < 4.78 is 5.71. The quantitative estimate of drug-likeness (QED) is 0.481. The number of allylic oxidation sites excluding steroid dienone is 2. The number of amides is 2. The van der Waals surface area contributed by atoms with Crippen molar-refractivity contribution in [1.29, 1.82) is 0 Å². The van der Waals surface area contributed by atoms with E-state index in [0.717, 1.165) is 11.4 Å². The van der Waals surface area contributed by atoms with Crippen molar-refractivity contribution >= 4 is 24.0 Å². The van der Waals surface area contributed by atoms with Crippen molar-refractivity contribution in [3.63, 3.8) is 0 Å². The molecule has 2 aromatic rings. The highest BCUT2D eigenvalue weighted by Gasteiger charge is 2.67. The monoisotopic (exact) mass is 402 g/mol. The molecule has 2 bridgehead atoms. The van der Waals surface area contributed by atoms with Crippen LogP contribution in [0.2, 0.25) is 0 Å². The predicted molar refractivity (Wildman–Crippen MR) is 105 cm³/mol. The number of carbonyl (C=O) groups is 3. The fraction of sp³-hybridized carbons (Fsp3) is 0.304. The SMILES string of the molecule is O=C(O)c1ccccc1-c1ccc(/C=N\N2C(=O)[C@@H]3[C@H]4C=C[C@@H]([C@@H]5C[C@@H]45)[C@@H]3C2=O)o1. The minimum atomic E-state index is -1.05. The van der Waals surface area contributed by atoms with Gasteiger partial charge in [-0.25, -0.2) is 4.79 Å². The van der Waals surface area contributed by atoms with Crippen LogP contribution in [0, 0.1) is 35.5 Å². The Labute approximate surface area is 171 Å². The Kier molecular flexibility index (Phi) is 3.48. The first kappa shape index (κ1) is 17.4. The molecular formula is C23H18N2O5. The first-order valence-corrected chi connectivity index (χ1v) is 10.1. The van der Waals surface area contributed by atoms with Crippen LogP contribution in [0.3, 0.4) is 0 Å². The first-order chi connectivity index (χ1) is 14.5. The van der Waals surface area contributed by atoms with Crippen LogP contribution in [0.4, 0.5) is 0 Å². The first-order valence-electron chi connectivity index (χ1n) is 10.1. The van der Waals surface area contributed by atoms with Crippen molar-refractivity contribution in [2.24, 2.45) is 40.6 Å². The molecule has 3 fully saturated rings. The van der Waals surface area contributed by atoms with Gasteiger partial charge in [0.25, 0.3) is 11.8 Å². The number of furan rings is 1. The molecule has 2 saturated carbocycles. The number of aromatic carboxylic acids is 1. The van der Waals surface area contributed by atoms with Crippen LogP contribution in [0.5, 0.6) is 0 Å². The minimum Gasteiger partial charge on any atom is -0.478 e. The number of imide groups is 1. The molecule has 5 aliphatic rings. The van der Waals surface area contributed by atoms with Crippen LogP contribution < -0.4 is 0 Å². The summed E-state index contributed by atoms with van der Waals surface area (Å²) in [6.07, 6.45) is 6.70. The summed E-state index contributed by atoms with van der Waals surface area (Å²) in [7, 11) is 0. The van der Waals surface area contributed by atoms with E-state index in [4.69, 9.17) is 4.42 Å². The zero-order valence-corrected chi connectivity index (χ0v) is 15.8. The van der Waals surface area contributed by atoms with Gasteiger partial charge in [0.1, 0.15) is 11.5 Å². The van der Waals surface area contributed by atoms with Gasteiger partial charge in [-0.2, -0.15) is 10.1 Å². The third-order valence-corrected chi connectivity index (χ3v) is 6.99. The van der Waals surface area contributed by atoms with Crippen LogP contribution in [-0.4, -0.2) is 34.1 Å². The zero-order valence-electron chi connectivity index (χ0n) is 15.8. The number of benzene rings is 1. The third-order valence-electron chi connectivity index (χ3n) is 6.99. The Balaban J connectivity index is 1.26. The van der Waals surface area contributed by atoms with Gasteiger partial charge in [-0.3, -0.25) is 9.59 Å². The van der Waals surface area contributed by atoms with Gasteiger partial charge >= 0.3 is 5.97 Å². The zero-order chi connectivity index (χ0) is 20.6. The lowest BCUT2D eigenvalue weighted by atomic mass is 9.63. The van der Waals surface area contributed by atoms with Crippen LogP contribution in [0.25, 0.3) is 11.3 Å². The van der Waals surface area contributed by atoms with E-state index in [2.05, 4.69) is 17.3 Å². The van der Waals surface area contributed by atoms with Gasteiger partial charge in [-0.1, -0.05) is 30.4 Å². The second-order valence-electron chi connectivity index (χ2n) is 8.44. The van der Waals surface area contributed by atoms with E-state index in [1.165, 1.54) is 12.3 Å². The van der Waals surface area contributed by atoms with Crippen molar-refractivity contribution in [2.75, 3.05) is 0 Å². The lowest BCUT2D eigenvalue weighted by molar-refractivity contribution is -0.140. The van der Waals surface area contributed by atoms with E-state index in [1.807, 2.05) is 0 Å². The third kappa shape index (κ3) is 2.32. The summed E-state index contributed by atoms with van der Waals surface area (Å²) in [5.41, 5.74) is 0.580. The Bertz CT molecular complexity index is 1130. The van der Waals surface area contributed by atoms with Crippen molar-refractivity contribution in [3.05, 3.63) is 59.9 Å². The molecule has 1 N–H and O–H groups in total. The largest absolute Gasteiger partial charge is 0.478 e. The van der Waals surface area contributed by atoms with Crippen molar-refractivity contribution in [3.8, 4) is 11.3 Å². The summed E-state index contributed by atoms with van der Waals surface area (Å²) in [4.78, 5) is 37.3. The lowest BCUT2D eigenvalue weighted by Gasteiger charge is -2.37. The Morgan fingerprint density at radius 1 is 1.03 bits per heavy atom. The number of carboxylic acid groups (broad SMARTS) is 1. The number of carbonyl (C=O) groups excluding carboxylic acids is 2. The number of hydrogen-bond acceptors (Lipinski definition) is 5. The molecule has 7 rings (SSSR count). The van der Waals surface area contributed by atoms with Crippen molar-refractivity contribution < 1.29 is 23.9 Å². The Morgan fingerprint density at radius 2 is 1.70 bits per heavy atom. The summed E-state index contributed by atoms with van der Waals surface area (Å²) >= 11 is 0. The predicted octanol–water partition coefficient (Wildman–Crippen LogP) is 3.03. The lowest BCUT2D eigenvalue weighted by Crippen LogP contribution is -2.40. The maximum absolute atomic E-state index is 12.9. The highest BCUT2D eigenvalue weighted by Crippen LogP contribution is 2.65. The summed E-state index contributed by atoms with van der Waals surface area (Å²) in [5.74, 6) is 0.0407. The minimum absolute atomic E-state index is 0.130. The maximum atomic E-state index is 12.9. The molecule has 1 aromatic heterocycles. The standard InChI is InChI=1S/C23H18N2O5/c26-21-19-13-6-7-14(17-9-16(13)17)20(19)22(27)25(21)24-10-11-5-8-18(30-11)12-3-1-2-4-15(12)23(28)29/h1-8,10,13-14,16-17,19-20H,9H2,(H,28,29)/b24-10-/t13-,14-,16-,17-,19-,20+/m0/s1. The average Bonchev–Trinajstić information content (AvgIpc) is 3.39. The van der Waals surface area contributed by atoms with Gasteiger partial charge < -0.3 is 9.52 Å². The van der Waals surface area contributed by atoms with Gasteiger partial charge in [0, 0.05) is 5.56 Å². The van der Waals surface area contributed by atoms with Gasteiger partial charge in [-0.05, 0) is 48.3 Å². The highest BCUT2D eigenvalue weighted by atomic mass is 16.4. The van der Waals surface area contributed by atoms with Crippen molar-refractivity contribution in [2.45, 2.75) is 6.42 Å². The number of hydrazone groups is 1. The van der Waals surface area contributed by atoms with Crippen LogP contribution in [0.1, 0.15) is 22.5 Å². The highest BCUT2D eigenvalue weighted by molar-refractivity contribution is 6.06. The molecule has 0 unspecified atom stereocenters. The normalized spacial score (nSPS) is 33.3. The van der Waals surface area contributed by atoms with E-state index in [-0.39, 0.29) is 41.0 Å². The van der Waals surface area contributed by atoms with E-state index in [1.54, 1.807) is 30.3 Å². The van der Waals surface area contributed by atoms with E-state index in [0.29, 0.717) is 28.9 Å². The topological polar surface area (TPSA) is 100 Å². The molecular weight excluding hydrogens is 384 g/mol. The second kappa shape index (κ2) is 6.01. The molecule has 2 heterocycles. The van der Waals surface area contributed by atoms with Gasteiger partial charge in [0.15, 0.2) is 0 Å². The van der Waals surface area contributed by atoms with Crippen molar-refractivity contribution in [1.82, 2.24) is 5.01 Å². The van der Waals surface area contributed by atoms with E-state index < -0.39 is 5.97 Å². The number of nitrogens with zero attached hydrogens (tertiary/aromatic N) is 2. The Hall–Kier alpha value is -3.48. The molecule has 1 saturated heterocycles. The van der Waals surface area contributed by atoms with E-state index >= 15 is 0 Å². The molecule has 0 spiro atoms. The van der Waals surface area contributed by atoms with Crippen LogP contribution in [0.15, 0.2) is 58.1 Å². The molecule has 6 atom stereocenters. The summed E-state index contributed by atoms with van der Waals surface area (Å²) in [6.45, 7) is 0. The summed E-state index contributed by atoms with van der Waals surface area (Å²) in [6, 6.07) is 9.83. The maximum Gasteiger partial charge on any atom is 0.336 e.